The second-order valence-corrected chi connectivity index (χ2v) is 3.95. The molecule has 0 fully saturated rings. The van der Waals surface area contributed by atoms with Crippen LogP contribution in [0.4, 0.5) is 11.5 Å². The molecule has 1 aromatic carbocycles. The first kappa shape index (κ1) is 12.4. The van der Waals surface area contributed by atoms with Crippen molar-refractivity contribution in [2.24, 2.45) is 5.73 Å². The number of hydrogen-bond donors (Lipinski definition) is 1. The first-order valence-electron chi connectivity index (χ1n) is 5.78. The number of hydrogen-bond acceptors (Lipinski definition) is 4. The number of anilines is 2. The van der Waals surface area contributed by atoms with E-state index in [-0.39, 0.29) is 0 Å². The first-order valence-corrected chi connectivity index (χ1v) is 5.78. The SMILES string of the molecule is COc1ccc(N(C)c2cccc(CN)n2)cc1. The number of nitrogens with two attached hydrogens (primary N) is 1. The lowest BCUT2D eigenvalue weighted by Gasteiger charge is -2.19. The summed E-state index contributed by atoms with van der Waals surface area (Å²) in [6, 6.07) is 13.7. The number of methoxy groups -OCH3 is 1. The van der Waals surface area contributed by atoms with E-state index in [0.717, 1.165) is 22.9 Å². The molecule has 94 valence electrons. The summed E-state index contributed by atoms with van der Waals surface area (Å²) in [6.07, 6.45) is 0. The minimum atomic E-state index is 0.449. The molecule has 0 saturated carbocycles. The summed E-state index contributed by atoms with van der Waals surface area (Å²) in [5.41, 5.74) is 7.53. The fraction of sp³-hybridized carbons (Fsp3) is 0.214. The van der Waals surface area contributed by atoms with Crippen LogP contribution in [0.3, 0.4) is 0 Å². The Morgan fingerprint density at radius 2 is 1.89 bits per heavy atom. The third-order valence-corrected chi connectivity index (χ3v) is 2.80. The van der Waals surface area contributed by atoms with Gasteiger partial charge in [-0.05, 0) is 36.4 Å². The third-order valence-electron chi connectivity index (χ3n) is 2.80. The Hall–Kier alpha value is -2.07. The van der Waals surface area contributed by atoms with Gasteiger partial charge in [0.05, 0.1) is 12.8 Å². The highest BCUT2D eigenvalue weighted by Crippen LogP contribution is 2.24. The Labute approximate surface area is 107 Å². The summed E-state index contributed by atoms with van der Waals surface area (Å²) in [7, 11) is 3.63. The molecule has 0 spiro atoms. The van der Waals surface area contributed by atoms with E-state index in [0.29, 0.717) is 6.54 Å². The Morgan fingerprint density at radius 1 is 1.17 bits per heavy atom. The molecule has 18 heavy (non-hydrogen) atoms. The average molecular weight is 243 g/mol. The second kappa shape index (κ2) is 5.51. The van der Waals surface area contributed by atoms with E-state index in [4.69, 9.17) is 10.5 Å². The molecule has 0 radical (unpaired) electrons. The van der Waals surface area contributed by atoms with Crippen molar-refractivity contribution in [3.05, 3.63) is 48.2 Å². The van der Waals surface area contributed by atoms with Crippen LogP contribution in [-0.2, 0) is 6.54 Å². The summed E-state index contributed by atoms with van der Waals surface area (Å²) in [4.78, 5) is 6.49. The normalized spacial score (nSPS) is 10.2. The van der Waals surface area contributed by atoms with Crippen molar-refractivity contribution >= 4 is 11.5 Å². The van der Waals surface area contributed by atoms with E-state index in [1.165, 1.54) is 0 Å². The van der Waals surface area contributed by atoms with Crippen molar-refractivity contribution in [2.45, 2.75) is 6.54 Å². The van der Waals surface area contributed by atoms with Gasteiger partial charge in [0.2, 0.25) is 0 Å². The summed E-state index contributed by atoms with van der Waals surface area (Å²) in [6.45, 7) is 0.449. The maximum absolute atomic E-state index is 5.60. The number of aromatic nitrogens is 1. The molecule has 0 atom stereocenters. The van der Waals surface area contributed by atoms with Crippen LogP contribution in [0.2, 0.25) is 0 Å². The van der Waals surface area contributed by atoms with Gasteiger partial charge in [-0.15, -0.1) is 0 Å². The van der Waals surface area contributed by atoms with Gasteiger partial charge in [0, 0.05) is 19.3 Å². The van der Waals surface area contributed by atoms with E-state index >= 15 is 0 Å². The molecule has 0 aliphatic rings. The Kier molecular flexibility index (Phi) is 3.79. The Balaban J connectivity index is 2.25. The van der Waals surface area contributed by atoms with Crippen LogP contribution in [0.25, 0.3) is 0 Å². The van der Waals surface area contributed by atoms with Crippen molar-refractivity contribution in [3.8, 4) is 5.75 Å². The molecule has 0 amide bonds. The highest BCUT2D eigenvalue weighted by molar-refractivity contribution is 5.59. The minimum absolute atomic E-state index is 0.449. The van der Waals surface area contributed by atoms with Gasteiger partial charge in [-0.25, -0.2) is 4.98 Å². The molecule has 0 aliphatic carbocycles. The van der Waals surface area contributed by atoms with Crippen LogP contribution in [0.5, 0.6) is 5.75 Å². The smallest absolute Gasteiger partial charge is 0.133 e. The van der Waals surface area contributed by atoms with Gasteiger partial charge < -0.3 is 15.4 Å². The van der Waals surface area contributed by atoms with E-state index in [1.807, 2.05) is 54.4 Å². The van der Waals surface area contributed by atoms with Crippen LogP contribution in [0, 0.1) is 0 Å². The lowest BCUT2D eigenvalue weighted by atomic mass is 10.2. The predicted octanol–water partition coefficient (Wildman–Crippen LogP) is 2.32. The number of pyridine rings is 1. The van der Waals surface area contributed by atoms with Crippen molar-refractivity contribution in [1.82, 2.24) is 4.98 Å². The zero-order valence-corrected chi connectivity index (χ0v) is 10.6. The molecule has 2 N–H and O–H groups in total. The molecule has 1 aromatic heterocycles. The zero-order chi connectivity index (χ0) is 13.0. The molecule has 0 aliphatic heterocycles. The Bertz CT molecular complexity index is 511. The van der Waals surface area contributed by atoms with Gasteiger partial charge in [-0.3, -0.25) is 0 Å². The highest BCUT2D eigenvalue weighted by Gasteiger charge is 2.05. The van der Waals surface area contributed by atoms with Crippen LogP contribution >= 0.6 is 0 Å². The molecule has 0 unspecified atom stereocenters. The monoisotopic (exact) mass is 243 g/mol. The number of ether oxygens (including phenoxy) is 1. The number of rotatable bonds is 4. The first-order chi connectivity index (χ1) is 8.74. The molecule has 2 aromatic rings. The van der Waals surface area contributed by atoms with E-state index in [2.05, 4.69) is 4.98 Å². The second-order valence-electron chi connectivity index (χ2n) is 3.95. The topological polar surface area (TPSA) is 51.4 Å². The third kappa shape index (κ3) is 2.60. The minimum Gasteiger partial charge on any atom is -0.497 e. The molecule has 4 nitrogen and oxygen atoms in total. The van der Waals surface area contributed by atoms with Gasteiger partial charge >= 0.3 is 0 Å². The maximum Gasteiger partial charge on any atom is 0.133 e. The quantitative estimate of drug-likeness (QED) is 0.895. The van der Waals surface area contributed by atoms with Crippen LogP contribution < -0.4 is 15.4 Å². The molecule has 0 saturated heterocycles. The van der Waals surface area contributed by atoms with Crippen molar-refractivity contribution in [3.63, 3.8) is 0 Å². The van der Waals surface area contributed by atoms with E-state index in [1.54, 1.807) is 7.11 Å². The molecule has 1 heterocycles. The van der Waals surface area contributed by atoms with Crippen molar-refractivity contribution < 1.29 is 4.74 Å². The summed E-state index contributed by atoms with van der Waals surface area (Å²) < 4.78 is 5.14. The molecule has 0 bridgehead atoms. The summed E-state index contributed by atoms with van der Waals surface area (Å²) in [5.74, 6) is 1.72. The average Bonchev–Trinajstić information content (AvgIpc) is 2.46. The standard InChI is InChI=1S/C14H17N3O/c1-17(12-6-8-13(18-2)9-7-12)14-5-3-4-11(10-15)16-14/h3-9H,10,15H2,1-2H3. The van der Waals surface area contributed by atoms with Crippen molar-refractivity contribution in [1.29, 1.82) is 0 Å². The number of benzene rings is 1. The summed E-state index contributed by atoms with van der Waals surface area (Å²) in [5, 5.41) is 0. The molecule has 2 rings (SSSR count). The molecule has 4 heteroatoms. The van der Waals surface area contributed by atoms with Crippen molar-refractivity contribution in [2.75, 3.05) is 19.1 Å². The molecular formula is C14H17N3O. The fourth-order valence-electron chi connectivity index (χ4n) is 1.71. The largest absolute Gasteiger partial charge is 0.497 e. The maximum atomic E-state index is 5.60. The van der Waals surface area contributed by atoms with Gasteiger partial charge in [0.15, 0.2) is 0 Å². The molecular weight excluding hydrogens is 226 g/mol. The predicted molar refractivity (Wildman–Crippen MR) is 73.2 cm³/mol. The summed E-state index contributed by atoms with van der Waals surface area (Å²) >= 11 is 0. The van der Waals surface area contributed by atoms with Gasteiger partial charge in [-0.1, -0.05) is 6.07 Å². The zero-order valence-electron chi connectivity index (χ0n) is 10.6. The van der Waals surface area contributed by atoms with Crippen LogP contribution in [0.1, 0.15) is 5.69 Å². The van der Waals surface area contributed by atoms with Crippen LogP contribution in [-0.4, -0.2) is 19.1 Å². The van der Waals surface area contributed by atoms with Gasteiger partial charge in [0.1, 0.15) is 11.6 Å². The van der Waals surface area contributed by atoms with E-state index < -0.39 is 0 Å². The lowest BCUT2D eigenvalue weighted by Crippen LogP contribution is -2.12. The highest BCUT2D eigenvalue weighted by atomic mass is 16.5. The lowest BCUT2D eigenvalue weighted by molar-refractivity contribution is 0.415. The van der Waals surface area contributed by atoms with Gasteiger partial charge in [0.25, 0.3) is 0 Å². The van der Waals surface area contributed by atoms with Crippen LogP contribution in [0.15, 0.2) is 42.5 Å². The van der Waals surface area contributed by atoms with E-state index in [9.17, 15) is 0 Å². The fourth-order valence-corrected chi connectivity index (χ4v) is 1.71. The number of nitrogens with zero attached hydrogens (tertiary/aromatic N) is 2. The Morgan fingerprint density at radius 3 is 2.50 bits per heavy atom. The van der Waals surface area contributed by atoms with Gasteiger partial charge in [-0.2, -0.15) is 0 Å².